The minimum atomic E-state index is -0.0833. The third-order valence-electron chi connectivity index (χ3n) is 4.44. The molecule has 8 nitrogen and oxygen atoms in total. The van der Waals surface area contributed by atoms with Gasteiger partial charge in [-0.05, 0) is 31.0 Å². The van der Waals surface area contributed by atoms with Gasteiger partial charge in [0.2, 0.25) is 5.91 Å². The number of carbonyl (C=O) groups is 1. The number of pyridine rings is 1. The fourth-order valence-electron chi connectivity index (χ4n) is 3.12. The van der Waals surface area contributed by atoms with Gasteiger partial charge < -0.3 is 10.2 Å². The van der Waals surface area contributed by atoms with Gasteiger partial charge in [0.1, 0.15) is 12.1 Å². The smallest absolute Gasteiger partial charge is 0.229 e. The van der Waals surface area contributed by atoms with Gasteiger partial charge in [-0.15, -0.1) is 0 Å². The molecule has 1 amide bonds. The van der Waals surface area contributed by atoms with E-state index in [0.717, 1.165) is 30.9 Å². The van der Waals surface area contributed by atoms with Gasteiger partial charge in [-0.2, -0.15) is 5.10 Å². The summed E-state index contributed by atoms with van der Waals surface area (Å²) in [6.45, 7) is 1.50. The predicted octanol–water partition coefficient (Wildman–Crippen LogP) is 1.91. The zero-order valence-electron chi connectivity index (χ0n) is 14.2. The molecule has 1 unspecified atom stereocenters. The number of aromatic nitrogens is 5. The molecule has 8 heteroatoms. The molecule has 1 N–H and O–H groups in total. The summed E-state index contributed by atoms with van der Waals surface area (Å²) in [5.74, 6) is 1.47. The van der Waals surface area contributed by atoms with E-state index in [9.17, 15) is 4.79 Å². The minimum Gasteiger partial charge on any atom is -0.356 e. The highest BCUT2D eigenvalue weighted by molar-refractivity contribution is 5.92. The second-order valence-electron chi connectivity index (χ2n) is 6.20. The van der Waals surface area contributed by atoms with Gasteiger partial charge >= 0.3 is 0 Å². The van der Waals surface area contributed by atoms with Gasteiger partial charge in [-0.25, -0.2) is 14.6 Å². The van der Waals surface area contributed by atoms with Crippen molar-refractivity contribution in [3.63, 3.8) is 0 Å². The molecule has 4 heterocycles. The quantitative estimate of drug-likeness (QED) is 0.774. The standard InChI is InChI=1S/C18H19N7O/c26-18(23-15-4-7-19-8-5-15)14-3-1-9-24(12-14)16-11-17(21-13-20-16)25-10-2-6-22-25/h2,4-8,10-11,13-14H,1,3,9,12H2,(H,19,23,26). The highest BCUT2D eigenvalue weighted by Crippen LogP contribution is 2.23. The van der Waals surface area contributed by atoms with E-state index >= 15 is 0 Å². The zero-order chi connectivity index (χ0) is 17.8. The molecule has 0 radical (unpaired) electrons. The Bertz CT molecular complexity index is 866. The van der Waals surface area contributed by atoms with Crippen molar-refractivity contribution >= 4 is 17.4 Å². The van der Waals surface area contributed by atoms with Crippen molar-refractivity contribution in [3.05, 3.63) is 55.4 Å². The first-order valence-corrected chi connectivity index (χ1v) is 8.57. The molecular formula is C18H19N7O. The average Bonchev–Trinajstić information content (AvgIpc) is 3.24. The van der Waals surface area contributed by atoms with Gasteiger partial charge in [0.15, 0.2) is 5.82 Å². The summed E-state index contributed by atoms with van der Waals surface area (Å²) in [4.78, 5) is 27.3. The Morgan fingerprint density at radius 2 is 2.00 bits per heavy atom. The molecule has 0 saturated carbocycles. The minimum absolute atomic E-state index is 0.0299. The van der Waals surface area contributed by atoms with E-state index in [1.54, 1.807) is 35.4 Å². The zero-order valence-corrected chi connectivity index (χ0v) is 14.2. The molecule has 4 rings (SSSR count). The lowest BCUT2D eigenvalue weighted by Gasteiger charge is -2.32. The summed E-state index contributed by atoms with van der Waals surface area (Å²) in [5.41, 5.74) is 0.769. The molecule has 1 fully saturated rings. The van der Waals surface area contributed by atoms with Gasteiger partial charge in [0.05, 0.1) is 5.92 Å². The van der Waals surface area contributed by atoms with Gasteiger partial charge in [-0.1, -0.05) is 0 Å². The first kappa shape index (κ1) is 16.2. The van der Waals surface area contributed by atoms with Crippen LogP contribution in [-0.4, -0.2) is 43.7 Å². The van der Waals surface area contributed by atoms with Crippen LogP contribution in [0.4, 0.5) is 11.5 Å². The number of hydrogen-bond donors (Lipinski definition) is 1. The van der Waals surface area contributed by atoms with Gasteiger partial charge in [0.25, 0.3) is 0 Å². The van der Waals surface area contributed by atoms with Crippen LogP contribution in [0.2, 0.25) is 0 Å². The molecule has 26 heavy (non-hydrogen) atoms. The van der Waals surface area contributed by atoms with Crippen LogP contribution in [0.15, 0.2) is 55.4 Å². The second-order valence-corrected chi connectivity index (χ2v) is 6.20. The number of amides is 1. The van der Waals surface area contributed by atoms with Crippen LogP contribution in [0, 0.1) is 5.92 Å². The number of carbonyl (C=O) groups excluding carboxylic acids is 1. The molecule has 1 saturated heterocycles. The van der Waals surface area contributed by atoms with Crippen LogP contribution >= 0.6 is 0 Å². The second kappa shape index (κ2) is 7.30. The van der Waals surface area contributed by atoms with E-state index in [1.165, 1.54) is 6.33 Å². The summed E-state index contributed by atoms with van der Waals surface area (Å²) in [7, 11) is 0. The Labute approximate surface area is 150 Å². The molecule has 1 atom stereocenters. The van der Waals surface area contributed by atoms with Crippen molar-refractivity contribution < 1.29 is 4.79 Å². The molecule has 1 aliphatic heterocycles. The van der Waals surface area contributed by atoms with E-state index in [4.69, 9.17) is 0 Å². The molecule has 3 aromatic rings. The maximum absolute atomic E-state index is 12.6. The van der Waals surface area contributed by atoms with E-state index in [0.29, 0.717) is 12.4 Å². The third kappa shape index (κ3) is 3.53. The molecule has 0 spiro atoms. The molecular weight excluding hydrogens is 330 g/mol. The van der Waals surface area contributed by atoms with Gasteiger partial charge in [0, 0.05) is 49.6 Å². The fourth-order valence-corrected chi connectivity index (χ4v) is 3.12. The highest BCUT2D eigenvalue weighted by Gasteiger charge is 2.27. The predicted molar refractivity (Wildman–Crippen MR) is 97.0 cm³/mol. The Morgan fingerprint density at radius 3 is 2.81 bits per heavy atom. The van der Waals surface area contributed by atoms with Crippen molar-refractivity contribution in [2.24, 2.45) is 5.92 Å². The number of piperidine rings is 1. The number of nitrogens with zero attached hydrogens (tertiary/aromatic N) is 6. The third-order valence-corrected chi connectivity index (χ3v) is 4.44. The monoisotopic (exact) mass is 349 g/mol. The Balaban J connectivity index is 1.47. The van der Waals surface area contributed by atoms with E-state index in [1.807, 2.05) is 18.3 Å². The average molecular weight is 349 g/mol. The highest BCUT2D eigenvalue weighted by atomic mass is 16.1. The molecule has 0 aromatic carbocycles. The maximum atomic E-state index is 12.6. The SMILES string of the molecule is O=C(Nc1ccncc1)C1CCCN(c2cc(-n3cccn3)ncn2)C1. The summed E-state index contributed by atoms with van der Waals surface area (Å²) >= 11 is 0. The number of anilines is 2. The summed E-state index contributed by atoms with van der Waals surface area (Å²) in [5, 5.41) is 7.17. The van der Waals surface area contributed by atoms with E-state index in [-0.39, 0.29) is 11.8 Å². The number of hydrogen-bond acceptors (Lipinski definition) is 6. The number of rotatable bonds is 4. The molecule has 0 aliphatic carbocycles. The number of nitrogens with one attached hydrogen (secondary N) is 1. The summed E-state index contributed by atoms with van der Waals surface area (Å²) in [6, 6.07) is 7.33. The van der Waals surface area contributed by atoms with Crippen molar-refractivity contribution in [2.75, 3.05) is 23.3 Å². The normalized spacial score (nSPS) is 17.1. The van der Waals surface area contributed by atoms with Crippen molar-refractivity contribution in [1.29, 1.82) is 0 Å². The Kier molecular flexibility index (Phi) is 4.55. The van der Waals surface area contributed by atoms with E-state index < -0.39 is 0 Å². The molecule has 0 bridgehead atoms. The Hall–Kier alpha value is -3.29. The molecule has 3 aromatic heterocycles. The van der Waals surface area contributed by atoms with Crippen LogP contribution in [0.3, 0.4) is 0 Å². The maximum Gasteiger partial charge on any atom is 0.229 e. The summed E-state index contributed by atoms with van der Waals surface area (Å²) < 4.78 is 1.70. The lowest BCUT2D eigenvalue weighted by molar-refractivity contribution is -0.120. The molecule has 132 valence electrons. The van der Waals surface area contributed by atoms with Gasteiger partial charge in [-0.3, -0.25) is 9.78 Å². The largest absolute Gasteiger partial charge is 0.356 e. The van der Waals surface area contributed by atoms with Crippen LogP contribution < -0.4 is 10.2 Å². The van der Waals surface area contributed by atoms with Crippen LogP contribution in [-0.2, 0) is 4.79 Å². The first-order chi connectivity index (χ1) is 12.8. The van der Waals surface area contributed by atoms with Crippen LogP contribution in [0.25, 0.3) is 5.82 Å². The first-order valence-electron chi connectivity index (χ1n) is 8.57. The fraction of sp³-hybridized carbons (Fsp3) is 0.278. The van der Waals surface area contributed by atoms with Crippen molar-refractivity contribution in [3.8, 4) is 5.82 Å². The molecule has 1 aliphatic rings. The van der Waals surface area contributed by atoms with Crippen LogP contribution in [0.1, 0.15) is 12.8 Å². The van der Waals surface area contributed by atoms with Crippen LogP contribution in [0.5, 0.6) is 0 Å². The van der Waals surface area contributed by atoms with E-state index in [2.05, 4.69) is 30.3 Å². The summed E-state index contributed by atoms with van der Waals surface area (Å²) in [6.07, 6.45) is 10.2. The topological polar surface area (TPSA) is 88.8 Å². The van der Waals surface area contributed by atoms with Crippen molar-refractivity contribution in [2.45, 2.75) is 12.8 Å². The lowest BCUT2D eigenvalue weighted by atomic mass is 9.97. The van der Waals surface area contributed by atoms with Crippen molar-refractivity contribution in [1.82, 2.24) is 24.7 Å². The lowest BCUT2D eigenvalue weighted by Crippen LogP contribution is -2.41. The Morgan fingerprint density at radius 1 is 1.15 bits per heavy atom.